The first kappa shape index (κ1) is 17.7. The van der Waals surface area contributed by atoms with Crippen LogP contribution < -0.4 is 4.74 Å². The quantitative estimate of drug-likeness (QED) is 0.665. The number of hydrogen-bond acceptors (Lipinski definition) is 4. The van der Waals surface area contributed by atoms with Crippen LogP contribution in [0.2, 0.25) is 0 Å². The van der Waals surface area contributed by atoms with Gasteiger partial charge in [-0.3, -0.25) is 4.79 Å². The predicted octanol–water partition coefficient (Wildman–Crippen LogP) is 3.89. The Labute approximate surface area is 144 Å². The summed E-state index contributed by atoms with van der Waals surface area (Å²) in [5, 5.41) is 0. The van der Waals surface area contributed by atoms with Crippen LogP contribution in [-0.2, 0) is 9.84 Å². The van der Waals surface area contributed by atoms with E-state index in [9.17, 15) is 13.2 Å². The first-order valence-corrected chi connectivity index (χ1v) is 9.61. The maximum atomic E-state index is 12.2. The molecule has 0 fully saturated rings. The third-order valence-electron chi connectivity index (χ3n) is 3.26. The molecule has 122 valence electrons. The molecule has 0 atom stereocenters. The molecule has 0 aliphatic carbocycles. The molecule has 0 amide bonds. The number of hydrogen-bond donors (Lipinski definition) is 0. The Morgan fingerprint density at radius 1 is 1.04 bits per heavy atom. The summed E-state index contributed by atoms with van der Waals surface area (Å²) in [4.78, 5) is 12.4. The predicted molar refractivity (Wildman–Crippen MR) is 92.8 cm³/mol. The molecule has 0 bridgehead atoms. The number of ether oxygens (including phenoxy) is 1. The van der Waals surface area contributed by atoms with Crippen LogP contribution in [0.1, 0.15) is 23.7 Å². The molecule has 2 rings (SSSR count). The van der Waals surface area contributed by atoms with E-state index in [4.69, 9.17) is 4.74 Å². The molecular formula is C17H17BrO4S. The average Bonchev–Trinajstić information content (AvgIpc) is 2.54. The SMILES string of the molecule is CCOc1ccc(C(=O)CCS(=O)(=O)c2ccc(Br)cc2)cc1. The van der Waals surface area contributed by atoms with Crippen molar-refractivity contribution in [1.29, 1.82) is 0 Å². The molecule has 0 unspecified atom stereocenters. The first-order valence-electron chi connectivity index (χ1n) is 7.17. The lowest BCUT2D eigenvalue weighted by atomic mass is 10.1. The van der Waals surface area contributed by atoms with Gasteiger partial charge in [0.1, 0.15) is 5.75 Å². The molecule has 0 aliphatic heterocycles. The number of ketones is 1. The van der Waals surface area contributed by atoms with Crippen LogP contribution >= 0.6 is 15.9 Å². The van der Waals surface area contributed by atoms with Crippen molar-refractivity contribution in [3.05, 3.63) is 58.6 Å². The second-order valence-corrected chi connectivity index (χ2v) is 7.93. The smallest absolute Gasteiger partial charge is 0.178 e. The number of carbonyl (C=O) groups is 1. The Morgan fingerprint density at radius 2 is 1.65 bits per heavy atom. The highest BCUT2D eigenvalue weighted by atomic mass is 79.9. The zero-order chi connectivity index (χ0) is 16.9. The fourth-order valence-corrected chi connectivity index (χ4v) is 3.54. The Bertz CT molecular complexity index is 765. The number of carbonyl (C=O) groups excluding carboxylic acids is 1. The zero-order valence-corrected chi connectivity index (χ0v) is 15.1. The molecule has 0 saturated heterocycles. The van der Waals surface area contributed by atoms with Crippen molar-refractivity contribution in [3.63, 3.8) is 0 Å². The summed E-state index contributed by atoms with van der Waals surface area (Å²) in [6.07, 6.45) is -0.0492. The Balaban J connectivity index is 2.01. The van der Waals surface area contributed by atoms with Crippen LogP contribution in [0.4, 0.5) is 0 Å². The Morgan fingerprint density at radius 3 is 2.22 bits per heavy atom. The summed E-state index contributed by atoms with van der Waals surface area (Å²) < 4.78 is 30.6. The molecule has 23 heavy (non-hydrogen) atoms. The zero-order valence-electron chi connectivity index (χ0n) is 12.7. The summed E-state index contributed by atoms with van der Waals surface area (Å²) in [5.74, 6) is 0.279. The fraction of sp³-hybridized carbons (Fsp3) is 0.235. The van der Waals surface area contributed by atoms with Crippen molar-refractivity contribution in [3.8, 4) is 5.75 Å². The van der Waals surface area contributed by atoms with E-state index >= 15 is 0 Å². The molecule has 0 aromatic heterocycles. The van der Waals surface area contributed by atoms with Gasteiger partial charge >= 0.3 is 0 Å². The van der Waals surface area contributed by atoms with E-state index in [0.717, 1.165) is 4.47 Å². The summed E-state index contributed by atoms with van der Waals surface area (Å²) in [5.41, 5.74) is 0.486. The summed E-state index contributed by atoms with van der Waals surface area (Å²) >= 11 is 3.26. The molecule has 0 spiro atoms. The van der Waals surface area contributed by atoms with Gasteiger partial charge in [-0.15, -0.1) is 0 Å². The molecule has 0 saturated carbocycles. The summed E-state index contributed by atoms with van der Waals surface area (Å²) in [6, 6.07) is 13.1. The second kappa shape index (κ2) is 7.75. The van der Waals surface area contributed by atoms with Gasteiger partial charge in [0.05, 0.1) is 17.3 Å². The van der Waals surface area contributed by atoms with Gasteiger partial charge in [-0.05, 0) is 55.5 Å². The van der Waals surface area contributed by atoms with Crippen LogP contribution in [0.3, 0.4) is 0 Å². The van der Waals surface area contributed by atoms with E-state index < -0.39 is 9.84 Å². The lowest BCUT2D eigenvalue weighted by Gasteiger charge is -2.06. The number of sulfone groups is 1. The molecule has 2 aromatic rings. The third kappa shape index (κ3) is 4.91. The molecule has 4 nitrogen and oxygen atoms in total. The Kier molecular flexibility index (Phi) is 5.96. The van der Waals surface area contributed by atoms with Crippen molar-refractivity contribution < 1.29 is 17.9 Å². The maximum Gasteiger partial charge on any atom is 0.178 e. The standard InChI is InChI=1S/C17H17BrO4S/c1-2-22-15-7-3-13(4-8-15)17(19)11-12-23(20,21)16-9-5-14(18)6-10-16/h3-10H,2,11-12H2,1H3. The van der Waals surface area contributed by atoms with Crippen LogP contribution in [0, 0.1) is 0 Å². The average molecular weight is 397 g/mol. The highest BCUT2D eigenvalue weighted by Crippen LogP contribution is 2.18. The van der Waals surface area contributed by atoms with Gasteiger partial charge < -0.3 is 4.74 Å². The number of benzene rings is 2. The normalized spacial score (nSPS) is 11.2. The van der Waals surface area contributed by atoms with Crippen molar-refractivity contribution in [2.45, 2.75) is 18.2 Å². The van der Waals surface area contributed by atoms with E-state index in [0.29, 0.717) is 17.9 Å². The summed E-state index contributed by atoms with van der Waals surface area (Å²) in [6.45, 7) is 2.44. The summed E-state index contributed by atoms with van der Waals surface area (Å²) in [7, 11) is -3.46. The van der Waals surface area contributed by atoms with Crippen LogP contribution in [-0.4, -0.2) is 26.6 Å². The van der Waals surface area contributed by atoms with Gasteiger partial charge in [-0.25, -0.2) is 8.42 Å². The lowest BCUT2D eigenvalue weighted by molar-refractivity contribution is 0.0988. The van der Waals surface area contributed by atoms with Gasteiger partial charge in [0.2, 0.25) is 0 Å². The van der Waals surface area contributed by atoms with Gasteiger partial charge in [0.25, 0.3) is 0 Å². The van der Waals surface area contributed by atoms with E-state index in [1.54, 1.807) is 36.4 Å². The van der Waals surface area contributed by atoms with Gasteiger partial charge in [-0.1, -0.05) is 15.9 Å². The second-order valence-electron chi connectivity index (χ2n) is 4.90. The monoisotopic (exact) mass is 396 g/mol. The van der Waals surface area contributed by atoms with Crippen LogP contribution in [0.25, 0.3) is 0 Å². The van der Waals surface area contributed by atoms with E-state index in [-0.39, 0.29) is 22.9 Å². The number of halogens is 1. The minimum atomic E-state index is -3.46. The highest BCUT2D eigenvalue weighted by Gasteiger charge is 2.17. The molecule has 6 heteroatoms. The number of rotatable bonds is 7. The number of Topliss-reactive ketones (excluding diaryl/α,β-unsaturated/α-hetero) is 1. The molecule has 0 radical (unpaired) electrons. The molecule has 0 heterocycles. The molecule has 0 aliphatic rings. The fourth-order valence-electron chi connectivity index (χ4n) is 2.03. The van der Waals surface area contributed by atoms with Crippen molar-refractivity contribution in [2.75, 3.05) is 12.4 Å². The maximum absolute atomic E-state index is 12.2. The van der Waals surface area contributed by atoms with E-state index in [2.05, 4.69) is 15.9 Å². The Hall–Kier alpha value is -1.66. The first-order chi connectivity index (χ1) is 10.9. The van der Waals surface area contributed by atoms with E-state index in [1.165, 1.54) is 12.1 Å². The van der Waals surface area contributed by atoms with Crippen LogP contribution in [0.5, 0.6) is 5.75 Å². The minimum Gasteiger partial charge on any atom is -0.494 e. The topological polar surface area (TPSA) is 60.4 Å². The van der Waals surface area contributed by atoms with Gasteiger partial charge in [-0.2, -0.15) is 0 Å². The van der Waals surface area contributed by atoms with Crippen molar-refractivity contribution in [2.24, 2.45) is 0 Å². The van der Waals surface area contributed by atoms with Crippen molar-refractivity contribution >= 4 is 31.6 Å². The van der Waals surface area contributed by atoms with Gasteiger partial charge in [0.15, 0.2) is 15.6 Å². The largest absolute Gasteiger partial charge is 0.494 e. The third-order valence-corrected chi connectivity index (χ3v) is 5.52. The minimum absolute atomic E-state index is 0.0492. The molecule has 0 N–H and O–H groups in total. The highest BCUT2D eigenvalue weighted by molar-refractivity contribution is 9.10. The molecule has 2 aromatic carbocycles. The molecular weight excluding hydrogens is 380 g/mol. The van der Waals surface area contributed by atoms with Crippen LogP contribution in [0.15, 0.2) is 57.9 Å². The van der Waals surface area contributed by atoms with Crippen molar-refractivity contribution in [1.82, 2.24) is 0 Å². The van der Waals surface area contributed by atoms with E-state index in [1.807, 2.05) is 6.92 Å². The van der Waals surface area contributed by atoms with Gasteiger partial charge in [0, 0.05) is 16.5 Å². The lowest BCUT2D eigenvalue weighted by Crippen LogP contribution is -2.11.